The van der Waals surface area contributed by atoms with Crippen molar-refractivity contribution in [3.05, 3.63) is 64.7 Å². The first-order chi connectivity index (χ1) is 11.5. The van der Waals surface area contributed by atoms with E-state index in [9.17, 15) is 9.59 Å². The van der Waals surface area contributed by atoms with Gasteiger partial charge in [-0.25, -0.2) is 0 Å². The molecule has 1 saturated carbocycles. The monoisotopic (exact) mass is 342 g/mol. The van der Waals surface area contributed by atoms with E-state index in [1.807, 2.05) is 37.3 Å². The fraction of sp³-hybridized carbons (Fsp3) is 0.263. The van der Waals surface area contributed by atoms with Crippen LogP contribution in [0.25, 0.3) is 0 Å². The van der Waals surface area contributed by atoms with Crippen LogP contribution in [0.1, 0.15) is 17.5 Å². The first-order valence-electron chi connectivity index (χ1n) is 7.93. The third-order valence-corrected chi connectivity index (χ3v) is 4.45. The molecule has 0 radical (unpaired) electrons. The van der Waals surface area contributed by atoms with E-state index >= 15 is 0 Å². The lowest BCUT2D eigenvalue weighted by Gasteiger charge is -2.09. The zero-order chi connectivity index (χ0) is 17.1. The highest BCUT2D eigenvalue weighted by molar-refractivity contribution is 6.30. The van der Waals surface area contributed by atoms with Gasteiger partial charge in [0.15, 0.2) is 0 Å². The van der Waals surface area contributed by atoms with Crippen LogP contribution in [0.4, 0.5) is 5.69 Å². The van der Waals surface area contributed by atoms with Crippen molar-refractivity contribution in [2.24, 2.45) is 11.8 Å². The van der Waals surface area contributed by atoms with E-state index in [1.54, 1.807) is 18.2 Å². The number of rotatable bonds is 5. The molecule has 5 heteroatoms. The second-order valence-corrected chi connectivity index (χ2v) is 6.54. The van der Waals surface area contributed by atoms with Crippen LogP contribution < -0.4 is 10.6 Å². The molecule has 1 aliphatic rings. The van der Waals surface area contributed by atoms with Gasteiger partial charge in [0.2, 0.25) is 11.8 Å². The maximum Gasteiger partial charge on any atom is 0.228 e. The van der Waals surface area contributed by atoms with Crippen molar-refractivity contribution >= 4 is 29.1 Å². The molecule has 2 unspecified atom stereocenters. The van der Waals surface area contributed by atoms with Gasteiger partial charge in [0.05, 0.1) is 11.8 Å². The summed E-state index contributed by atoms with van der Waals surface area (Å²) in [6.07, 6.45) is 0.596. The van der Waals surface area contributed by atoms with Crippen molar-refractivity contribution < 1.29 is 9.59 Å². The Morgan fingerprint density at radius 1 is 1.08 bits per heavy atom. The average molecular weight is 343 g/mol. The van der Waals surface area contributed by atoms with Crippen molar-refractivity contribution in [2.75, 3.05) is 5.32 Å². The Morgan fingerprint density at radius 3 is 2.50 bits per heavy atom. The summed E-state index contributed by atoms with van der Waals surface area (Å²) in [5.74, 6) is -0.663. The summed E-state index contributed by atoms with van der Waals surface area (Å²) in [7, 11) is 0. The number of nitrogens with one attached hydrogen (secondary N) is 2. The number of anilines is 1. The Balaban J connectivity index is 1.51. The van der Waals surface area contributed by atoms with E-state index in [2.05, 4.69) is 10.6 Å². The van der Waals surface area contributed by atoms with Crippen molar-refractivity contribution in [2.45, 2.75) is 19.9 Å². The smallest absolute Gasteiger partial charge is 0.228 e. The fourth-order valence-corrected chi connectivity index (χ4v) is 2.91. The molecule has 2 atom stereocenters. The predicted octanol–water partition coefficient (Wildman–Crippen LogP) is 3.54. The Hall–Kier alpha value is -2.33. The Labute approximate surface area is 146 Å². The normalized spacial score (nSPS) is 18.8. The van der Waals surface area contributed by atoms with E-state index in [0.29, 0.717) is 18.0 Å². The molecule has 124 valence electrons. The number of halogens is 1. The molecule has 3 rings (SSSR count). The number of amides is 2. The highest BCUT2D eigenvalue weighted by atomic mass is 35.5. The highest BCUT2D eigenvalue weighted by Crippen LogP contribution is 2.39. The van der Waals surface area contributed by atoms with Gasteiger partial charge in [-0.3, -0.25) is 9.59 Å². The molecule has 2 aromatic carbocycles. The molecule has 1 fully saturated rings. The molecular weight excluding hydrogens is 324 g/mol. The summed E-state index contributed by atoms with van der Waals surface area (Å²) in [5.41, 5.74) is 2.69. The van der Waals surface area contributed by atoms with Crippen LogP contribution in [-0.4, -0.2) is 11.8 Å². The van der Waals surface area contributed by atoms with Gasteiger partial charge in [0, 0.05) is 17.3 Å². The largest absolute Gasteiger partial charge is 0.352 e. The zero-order valence-corrected chi connectivity index (χ0v) is 14.1. The Kier molecular flexibility index (Phi) is 4.86. The summed E-state index contributed by atoms with van der Waals surface area (Å²) < 4.78 is 0. The first kappa shape index (κ1) is 16.5. The summed E-state index contributed by atoms with van der Waals surface area (Å²) in [6, 6.07) is 15.0. The molecule has 0 aromatic heterocycles. The van der Waals surface area contributed by atoms with Crippen molar-refractivity contribution in [3.63, 3.8) is 0 Å². The molecule has 2 N–H and O–H groups in total. The van der Waals surface area contributed by atoms with Gasteiger partial charge in [-0.1, -0.05) is 41.9 Å². The zero-order valence-electron chi connectivity index (χ0n) is 13.4. The summed E-state index contributed by atoms with van der Waals surface area (Å²) in [5, 5.41) is 6.41. The minimum Gasteiger partial charge on any atom is -0.352 e. The second kappa shape index (κ2) is 7.05. The van der Waals surface area contributed by atoms with Crippen LogP contribution in [-0.2, 0) is 16.1 Å². The van der Waals surface area contributed by atoms with Gasteiger partial charge in [-0.05, 0) is 42.7 Å². The third kappa shape index (κ3) is 3.95. The lowest BCUT2D eigenvalue weighted by atomic mass is 10.2. The van der Waals surface area contributed by atoms with E-state index in [-0.39, 0.29) is 23.7 Å². The molecule has 0 heterocycles. The van der Waals surface area contributed by atoms with Crippen molar-refractivity contribution in [1.82, 2.24) is 5.32 Å². The molecular formula is C19H19ClN2O2. The average Bonchev–Trinajstić information content (AvgIpc) is 3.37. The molecule has 2 aromatic rings. The minimum absolute atomic E-state index is 0.0631. The van der Waals surface area contributed by atoms with Crippen LogP contribution >= 0.6 is 11.6 Å². The molecule has 4 nitrogen and oxygen atoms in total. The van der Waals surface area contributed by atoms with Gasteiger partial charge in [0.25, 0.3) is 0 Å². The SMILES string of the molecule is Cc1cc(Cl)ccc1NC(=O)C1CC1C(=O)NCc1ccccc1. The van der Waals surface area contributed by atoms with Crippen LogP contribution in [0.15, 0.2) is 48.5 Å². The van der Waals surface area contributed by atoms with Crippen LogP contribution in [0, 0.1) is 18.8 Å². The van der Waals surface area contributed by atoms with E-state index in [0.717, 1.165) is 16.8 Å². The topological polar surface area (TPSA) is 58.2 Å². The standard InChI is InChI=1S/C19H19ClN2O2/c1-12-9-14(20)7-8-17(12)22-19(24)16-10-15(16)18(23)21-11-13-5-3-2-4-6-13/h2-9,15-16H,10-11H2,1H3,(H,21,23)(H,22,24). The Morgan fingerprint density at radius 2 is 1.79 bits per heavy atom. The van der Waals surface area contributed by atoms with Crippen LogP contribution in [0.3, 0.4) is 0 Å². The Bertz CT molecular complexity index is 761. The number of hydrogen-bond donors (Lipinski definition) is 2. The van der Waals surface area contributed by atoms with E-state index < -0.39 is 0 Å². The number of aryl methyl sites for hydroxylation is 1. The molecule has 0 bridgehead atoms. The third-order valence-electron chi connectivity index (χ3n) is 4.22. The van der Waals surface area contributed by atoms with Gasteiger partial charge < -0.3 is 10.6 Å². The maximum atomic E-state index is 12.3. The number of hydrogen-bond acceptors (Lipinski definition) is 2. The fourth-order valence-electron chi connectivity index (χ4n) is 2.68. The highest BCUT2D eigenvalue weighted by Gasteiger charge is 2.47. The number of benzene rings is 2. The quantitative estimate of drug-likeness (QED) is 0.873. The summed E-state index contributed by atoms with van der Waals surface area (Å²) in [6.45, 7) is 2.37. The molecule has 24 heavy (non-hydrogen) atoms. The second-order valence-electron chi connectivity index (χ2n) is 6.10. The summed E-state index contributed by atoms with van der Waals surface area (Å²) in [4.78, 5) is 24.4. The summed E-state index contributed by atoms with van der Waals surface area (Å²) >= 11 is 5.91. The number of carbonyl (C=O) groups excluding carboxylic acids is 2. The van der Waals surface area contributed by atoms with Crippen molar-refractivity contribution in [1.29, 1.82) is 0 Å². The van der Waals surface area contributed by atoms with E-state index in [1.165, 1.54) is 0 Å². The molecule has 0 aliphatic heterocycles. The number of carbonyl (C=O) groups is 2. The van der Waals surface area contributed by atoms with Gasteiger partial charge in [-0.15, -0.1) is 0 Å². The lowest BCUT2D eigenvalue weighted by molar-refractivity contribution is -0.125. The molecule has 0 saturated heterocycles. The van der Waals surface area contributed by atoms with E-state index in [4.69, 9.17) is 11.6 Å². The van der Waals surface area contributed by atoms with Gasteiger partial charge in [0.1, 0.15) is 0 Å². The molecule has 0 spiro atoms. The minimum atomic E-state index is -0.254. The van der Waals surface area contributed by atoms with Crippen LogP contribution in [0.2, 0.25) is 5.02 Å². The lowest BCUT2D eigenvalue weighted by Crippen LogP contribution is -2.27. The molecule has 1 aliphatic carbocycles. The van der Waals surface area contributed by atoms with Gasteiger partial charge in [-0.2, -0.15) is 0 Å². The van der Waals surface area contributed by atoms with Gasteiger partial charge >= 0.3 is 0 Å². The predicted molar refractivity (Wildman–Crippen MR) is 94.7 cm³/mol. The molecule has 2 amide bonds. The maximum absolute atomic E-state index is 12.3. The van der Waals surface area contributed by atoms with Crippen molar-refractivity contribution in [3.8, 4) is 0 Å². The first-order valence-corrected chi connectivity index (χ1v) is 8.31. The van der Waals surface area contributed by atoms with Crippen LogP contribution in [0.5, 0.6) is 0 Å².